The van der Waals surface area contributed by atoms with Crippen LogP contribution < -0.4 is 5.32 Å². The van der Waals surface area contributed by atoms with E-state index in [0.29, 0.717) is 12.8 Å². The van der Waals surface area contributed by atoms with Gasteiger partial charge in [0.05, 0.1) is 17.3 Å². The Morgan fingerprint density at radius 2 is 1.79 bits per heavy atom. The molecule has 0 aliphatic heterocycles. The Labute approximate surface area is 191 Å². The summed E-state index contributed by atoms with van der Waals surface area (Å²) < 4.78 is 6.45. The molecule has 0 aromatic heterocycles. The Morgan fingerprint density at radius 1 is 1.11 bits per heavy atom. The molecule has 1 atom stereocenters. The molecule has 0 heterocycles. The number of carbonyl (C=O) groups is 2. The monoisotopic (exact) mass is 609 g/mol. The van der Waals surface area contributed by atoms with Crippen LogP contribution in [0.25, 0.3) is 0 Å². The fourth-order valence-corrected chi connectivity index (χ4v) is 3.98. The number of phenols is 1. The third kappa shape index (κ3) is 6.59. The summed E-state index contributed by atoms with van der Waals surface area (Å²) in [6.07, 6.45) is 1.02. The highest BCUT2D eigenvalue weighted by atomic mass is 127. The Bertz CT molecular complexity index is 856. The minimum Gasteiger partial charge on any atom is -0.507 e. The first-order valence-electron chi connectivity index (χ1n) is 8.56. The number of benzene rings is 2. The van der Waals surface area contributed by atoms with Gasteiger partial charge in [0.2, 0.25) is 5.91 Å². The number of aromatic hydroxyl groups is 1. The second-order valence-corrected chi connectivity index (χ2v) is 8.54. The van der Waals surface area contributed by atoms with E-state index in [-0.39, 0.29) is 24.7 Å². The maximum absolute atomic E-state index is 12.4. The van der Waals surface area contributed by atoms with Gasteiger partial charge in [-0.05, 0) is 86.5 Å². The van der Waals surface area contributed by atoms with Crippen LogP contribution in [0.1, 0.15) is 23.1 Å². The lowest BCUT2D eigenvalue weighted by atomic mass is 10.0. The van der Waals surface area contributed by atoms with Gasteiger partial charge in [0.1, 0.15) is 11.8 Å². The van der Waals surface area contributed by atoms with Gasteiger partial charge in [0.25, 0.3) is 0 Å². The number of nitrogens with one attached hydrogen (secondary N) is 1. The molecule has 0 aliphatic carbocycles. The van der Waals surface area contributed by atoms with Crippen molar-refractivity contribution in [2.75, 3.05) is 7.11 Å². The number of esters is 1. The van der Waals surface area contributed by atoms with E-state index in [1.807, 2.05) is 40.8 Å². The normalized spacial score (nSPS) is 11.7. The second kappa shape index (κ2) is 11.0. The van der Waals surface area contributed by atoms with Gasteiger partial charge in [0, 0.05) is 16.4 Å². The molecule has 28 heavy (non-hydrogen) atoms. The Hall–Kier alpha value is -1.40. The van der Waals surface area contributed by atoms with Gasteiger partial charge < -0.3 is 20.3 Å². The van der Waals surface area contributed by atoms with Crippen molar-refractivity contribution in [3.05, 3.63) is 60.2 Å². The third-order valence-electron chi connectivity index (χ3n) is 4.20. The topological polar surface area (TPSA) is 95.9 Å². The number of hydrogen-bond donors (Lipinski definition) is 3. The molecule has 3 N–H and O–H groups in total. The number of aryl methyl sites for hydroxylation is 1. The highest BCUT2D eigenvalue weighted by Crippen LogP contribution is 2.21. The van der Waals surface area contributed by atoms with Crippen LogP contribution in [-0.2, 0) is 33.8 Å². The average molecular weight is 609 g/mol. The lowest BCUT2D eigenvalue weighted by Crippen LogP contribution is -2.43. The van der Waals surface area contributed by atoms with Crippen LogP contribution in [0.4, 0.5) is 0 Å². The van der Waals surface area contributed by atoms with Crippen molar-refractivity contribution >= 4 is 57.1 Å². The SMILES string of the molecule is COC(=O)C(Cc1ccc(CO)c(I)c1)NC(=O)CCc1ccc(O)c(I)c1. The molecule has 1 amide bonds. The lowest BCUT2D eigenvalue weighted by molar-refractivity contribution is -0.145. The maximum atomic E-state index is 12.4. The molecule has 0 saturated heterocycles. The first-order chi connectivity index (χ1) is 13.3. The molecule has 1 unspecified atom stereocenters. The quantitative estimate of drug-likeness (QED) is 0.316. The van der Waals surface area contributed by atoms with Crippen LogP contribution in [0.3, 0.4) is 0 Å². The number of rotatable bonds is 8. The number of ether oxygens (including phenoxy) is 1. The van der Waals surface area contributed by atoms with E-state index >= 15 is 0 Å². The number of hydrogen-bond acceptors (Lipinski definition) is 5. The first kappa shape index (κ1) is 22.9. The minimum absolute atomic E-state index is 0.0497. The molecule has 2 aromatic rings. The molecule has 150 valence electrons. The summed E-state index contributed by atoms with van der Waals surface area (Å²) in [5.74, 6) is -0.546. The van der Waals surface area contributed by atoms with Crippen LogP contribution in [0.2, 0.25) is 0 Å². The number of carbonyl (C=O) groups excluding carboxylic acids is 2. The fourth-order valence-electron chi connectivity index (χ4n) is 2.65. The van der Waals surface area contributed by atoms with Gasteiger partial charge >= 0.3 is 5.97 Å². The largest absolute Gasteiger partial charge is 0.507 e. The molecule has 0 aliphatic rings. The zero-order chi connectivity index (χ0) is 20.7. The van der Waals surface area contributed by atoms with Crippen molar-refractivity contribution in [2.45, 2.75) is 31.9 Å². The maximum Gasteiger partial charge on any atom is 0.328 e. The minimum atomic E-state index is -0.784. The molecule has 0 bridgehead atoms. The molecule has 0 radical (unpaired) electrons. The molecule has 6 nitrogen and oxygen atoms in total. The van der Waals surface area contributed by atoms with Gasteiger partial charge in [-0.2, -0.15) is 0 Å². The van der Waals surface area contributed by atoms with Gasteiger partial charge in [-0.15, -0.1) is 0 Å². The second-order valence-electron chi connectivity index (χ2n) is 6.22. The van der Waals surface area contributed by atoms with Crippen LogP contribution in [0.15, 0.2) is 36.4 Å². The average Bonchev–Trinajstić information content (AvgIpc) is 2.68. The predicted molar refractivity (Wildman–Crippen MR) is 122 cm³/mol. The summed E-state index contributed by atoms with van der Waals surface area (Å²) in [4.78, 5) is 24.5. The number of amides is 1. The van der Waals surface area contributed by atoms with E-state index in [1.54, 1.807) is 18.2 Å². The standard InChI is InChI=1S/C20H21I2NO5/c1-28-20(27)17(10-13-2-5-14(11-24)15(21)9-13)23-19(26)7-4-12-3-6-18(25)16(22)8-12/h2-3,5-6,8-9,17,24-25H,4,7,10-11H2,1H3,(H,23,26). The fraction of sp³-hybridized carbons (Fsp3) is 0.300. The molecule has 0 saturated carbocycles. The van der Waals surface area contributed by atoms with E-state index in [4.69, 9.17) is 4.74 Å². The number of aliphatic hydroxyl groups excluding tert-OH is 1. The summed E-state index contributed by atoms with van der Waals surface area (Å²) in [6, 6.07) is 9.93. The van der Waals surface area contributed by atoms with Crippen molar-refractivity contribution < 1.29 is 24.5 Å². The molecular formula is C20H21I2NO5. The number of aliphatic hydroxyl groups is 1. The van der Waals surface area contributed by atoms with Crippen LogP contribution in [0, 0.1) is 7.14 Å². The third-order valence-corrected chi connectivity index (χ3v) is 6.07. The molecular weight excluding hydrogens is 588 g/mol. The first-order valence-corrected chi connectivity index (χ1v) is 10.7. The highest BCUT2D eigenvalue weighted by Gasteiger charge is 2.22. The van der Waals surface area contributed by atoms with E-state index in [1.165, 1.54) is 7.11 Å². The van der Waals surface area contributed by atoms with E-state index < -0.39 is 12.0 Å². The molecule has 0 fully saturated rings. The van der Waals surface area contributed by atoms with Crippen LogP contribution in [-0.4, -0.2) is 35.2 Å². The summed E-state index contributed by atoms with van der Waals surface area (Å²) in [7, 11) is 1.29. The lowest BCUT2D eigenvalue weighted by Gasteiger charge is -2.17. The van der Waals surface area contributed by atoms with Crippen LogP contribution in [0.5, 0.6) is 5.75 Å². The molecule has 2 aromatic carbocycles. The Morgan fingerprint density at radius 3 is 2.39 bits per heavy atom. The molecule has 8 heteroatoms. The summed E-state index contributed by atoms with van der Waals surface area (Å²) >= 11 is 4.16. The van der Waals surface area contributed by atoms with Gasteiger partial charge in [-0.25, -0.2) is 4.79 Å². The van der Waals surface area contributed by atoms with E-state index in [0.717, 1.165) is 23.8 Å². The zero-order valence-electron chi connectivity index (χ0n) is 15.2. The summed E-state index contributed by atoms with van der Waals surface area (Å²) in [5.41, 5.74) is 2.61. The van der Waals surface area contributed by atoms with Crippen molar-refractivity contribution in [3.63, 3.8) is 0 Å². The number of phenolic OH excluding ortho intramolecular Hbond substituents is 1. The van der Waals surface area contributed by atoms with Crippen molar-refractivity contribution in [2.24, 2.45) is 0 Å². The Balaban J connectivity index is 2.00. The van der Waals surface area contributed by atoms with Crippen LogP contribution >= 0.6 is 45.2 Å². The highest BCUT2D eigenvalue weighted by molar-refractivity contribution is 14.1. The zero-order valence-corrected chi connectivity index (χ0v) is 19.6. The van der Waals surface area contributed by atoms with Crippen molar-refractivity contribution in [3.8, 4) is 5.75 Å². The molecule has 2 rings (SSSR count). The van der Waals surface area contributed by atoms with Gasteiger partial charge in [-0.3, -0.25) is 4.79 Å². The van der Waals surface area contributed by atoms with E-state index in [2.05, 4.69) is 27.9 Å². The van der Waals surface area contributed by atoms with Gasteiger partial charge in [-0.1, -0.05) is 18.2 Å². The summed E-state index contributed by atoms with van der Waals surface area (Å²) in [6.45, 7) is -0.0497. The van der Waals surface area contributed by atoms with Crippen molar-refractivity contribution in [1.82, 2.24) is 5.32 Å². The Kier molecular flexibility index (Phi) is 8.96. The van der Waals surface area contributed by atoms with Gasteiger partial charge in [0.15, 0.2) is 0 Å². The number of methoxy groups -OCH3 is 1. The predicted octanol–water partition coefficient (Wildman–Crippen LogP) is 2.93. The summed E-state index contributed by atoms with van der Waals surface area (Å²) in [5, 5.41) is 21.6. The van der Waals surface area contributed by atoms with E-state index in [9.17, 15) is 19.8 Å². The molecule has 0 spiro atoms. The number of halogens is 2. The van der Waals surface area contributed by atoms with Crippen molar-refractivity contribution in [1.29, 1.82) is 0 Å². The smallest absolute Gasteiger partial charge is 0.328 e.